The van der Waals surface area contributed by atoms with E-state index in [9.17, 15) is 9.18 Å². The Morgan fingerprint density at radius 2 is 1.81 bits per heavy atom. The summed E-state index contributed by atoms with van der Waals surface area (Å²) in [5, 5.41) is 2.78. The second kappa shape index (κ2) is 6.88. The minimum atomic E-state index is -0.428. The molecule has 2 rings (SSSR count). The minimum absolute atomic E-state index is 0.0879. The SMILES string of the molecule is COc1ccc(CNC(=O)Cc2ccc(C)cc2)cc1F. The quantitative estimate of drug-likeness (QED) is 0.918. The van der Waals surface area contributed by atoms with Crippen LogP contribution in [-0.2, 0) is 17.8 Å². The van der Waals surface area contributed by atoms with E-state index >= 15 is 0 Å². The summed E-state index contributed by atoms with van der Waals surface area (Å²) in [5.74, 6) is -0.317. The third-order valence-corrected chi connectivity index (χ3v) is 3.19. The van der Waals surface area contributed by atoms with Crippen molar-refractivity contribution in [3.63, 3.8) is 0 Å². The summed E-state index contributed by atoms with van der Waals surface area (Å²) in [5.41, 5.74) is 2.82. The van der Waals surface area contributed by atoms with Gasteiger partial charge in [-0.05, 0) is 30.2 Å². The van der Waals surface area contributed by atoms with E-state index in [1.807, 2.05) is 31.2 Å². The van der Waals surface area contributed by atoms with E-state index in [1.54, 1.807) is 12.1 Å². The lowest BCUT2D eigenvalue weighted by atomic mass is 10.1. The molecule has 2 aromatic rings. The lowest BCUT2D eigenvalue weighted by Crippen LogP contribution is -2.24. The van der Waals surface area contributed by atoms with Gasteiger partial charge in [-0.15, -0.1) is 0 Å². The average molecular weight is 287 g/mol. The van der Waals surface area contributed by atoms with Crippen LogP contribution in [0.5, 0.6) is 5.75 Å². The van der Waals surface area contributed by atoms with Crippen LogP contribution in [-0.4, -0.2) is 13.0 Å². The smallest absolute Gasteiger partial charge is 0.224 e. The second-order valence-corrected chi connectivity index (χ2v) is 4.91. The van der Waals surface area contributed by atoms with E-state index in [2.05, 4.69) is 5.32 Å². The van der Waals surface area contributed by atoms with Gasteiger partial charge in [0.15, 0.2) is 11.6 Å². The molecule has 0 saturated carbocycles. The number of carbonyl (C=O) groups excluding carboxylic acids is 1. The molecule has 0 heterocycles. The summed E-state index contributed by atoms with van der Waals surface area (Å²) in [6, 6.07) is 12.5. The summed E-state index contributed by atoms with van der Waals surface area (Å²) in [6.07, 6.45) is 0.318. The highest BCUT2D eigenvalue weighted by atomic mass is 19.1. The molecule has 0 aliphatic rings. The van der Waals surface area contributed by atoms with E-state index in [0.29, 0.717) is 18.5 Å². The summed E-state index contributed by atoms with van der Waals surface area (Å²) >= 11 is 0. The highest BCUT2D eigenvalue weighted by molar-refractivity contribution is 5.78. The number of rotatable bonds is 5. The van der Waals surface area contributed by atoms with Crippen LogP contribution in [0.25, 0.3) is 0 Å². The summed E-state index contributed by atoms with van der Waals surface area (Å²) < 4.78 is 18.4. The summed E-state index contributed by atoms with van der Waals surface area (Å²) in [4.78, 5) is 11.8. The first-order valence-electron chi connectivity index (χ1n) is 6.73. The molecular formula is C17H18FNO2. The maximum atomic E-state index is 13.5. The second-order valence-electron chi connectivity index (χ2n) is 4.91. The van der Waals surface area contributed by atoms with E-state index in [1.165, 1.54) is 13.2 Å². The van der Waals surface area contributed by atoms with Crippen molar-refractivity contribution in [3.8, 4) is 5.75 Å². The number of aryl methyl sites for hydroxylation is 1. The monoisotopic (exact) mass is 287 g/mol. The first kappa shape index (κ1) is 15.0. The van der Waals surface area contributed by atoms with Crippen LogP contribution < -0.4 is 10.1 Å². The van der Waals surface area contributed by atoms with Crippen LogP contribution >= 0.6 is 0 Å². The lowest BCUT2D eigenvalue weighted by molar-refractivity contribution is -0.120. The molecule has 1 amide bonds. The maximum Gasteiger partial charge on any atom is 0.224 e. The predicted octanol–water partition coefficient (Wildman–Crippen LogP) is 3.00. The van der Waals surface area contributed by atoms with Gasteiger partial charge >= 0.3 is 0 Å². The van der Waals surface area contributed by atoms with Crippen molar-refractivity contribution in [2.75, 3.05) is 7.11 Å². The normalized spacial score (nSPS) is 10.2. The van der Waals surface area contributed by atoms with Crippen molar-refractivity contribution in [3.05, 3.63) is 65.0 Å². The lowest BCUT2D eigenvalue weighted by Gasteiger charge is -2.07. The molecule has 0 aromatic heterocycles. The predicted molar refractivity (Wildman–Crippen MR) is 79.7 cm³/mol. The number of carbonyl (C=O) groups is 1. The fourth-order valence-corrected chi connectivity index (χ4v) is 1.97. The molecule has 0 saturated heterocycles. The zero-order chi connectivity index (χ0) is 15.2. The number of ether oxygens (including phenoxy) is 1. The molecular weight excluding hydrogens is 269 g/mol. The maximum absolute atomic E-state index is 13.5. The number of nitrogens with one attached hydrogen (secondary N) is 1. The number of hydrogen-bond donors (Lipinski definition) is 1. The number of amides is 1. The molecule has 1 N–H and O–H groups in total. The Labute approximate surface area is 123 Å². The van der Waals surface area contributed by atoms with Gasteiger partial charge in [0.05, 0.1) is 13.5 Å². The van der Waals surface area contributed by atoms with Gasteiger partial charge < -0.3 is 10.1 Å². The highest BCUT2D eigenvalue weighted by Gasteiger charge is 2.06. The van der Waals surface area contributed by atoms with Crippen LogP contribution in [0.1, 0.15) is 16.7 Å². The van der Waals surface area contributed by atoms with Gasteiger partial charge in [0.25, 0.3) is 0 Å². The van der Waals surface area contributed by atoms with Crippen LogP contribution in [0, 0.1) is 12.7 Å². The molecule has 2 aromatic carbocycles. The molecule has 0 atom stereocenters. The standard InChI is InChI=1S/C17H18FNO2/c1-12-3-5-13(6-4-12)10-17(20)19-11-14-7-8-16(21-2)15(18)9-14/h3-9H,10-11H2,1-2H3,(H,19,20). The molecule has 21 heavy (non-hydrogen) atoms. The van der Waals surface area contributed by atoms with Crippen molar-refractivity contribution < 1.29 is 13.9 Å². The van der Waals surface area contributed by atoms with Crippen molar-refractivity contribution in [1.82, 2.24) is 5.32 Å². The van der Waals surface area contributed by atoms with E-state index in [-0.39, 0.29) is 11.7 Å². The van der Waals surface area contributed by atoms with Crippen LogP contribution in [0.15, 0.2) is 42.5 Å². The summed E-state index contributed by atoms with van der Waals surface area (Å²) in [6.45, 7) is 2.30. The molecule has 0 radical (unpaired) electrons. The minimum Gasteiger partial charge on any atom is -0.494 e. The Kier molecular flexibility index (Phi) is 4.93. The van der Waals surface area contributed by atoms with E-state index < -0.39 is 5.82 Å². The number of benzene rings is 2. The molecule has 0 fully saturated rings. The molecule has 110 valence electrons. The van der Waals surface area contributed by atoms with Gasteiger partial charge in [-0.2, -0.15) is 0 Å². The van der Waals surface area contributed by atoms with Crippen LogP contribution in [0.2, 0.25) is 0 Å². The zero-order valence-corrected chi connectivity index (χ0v) is 12.2. The van der Waals surface area contributed by atoms with Gasteiger partial charge in [0.2, 0.25) is 5.91 Å². The van der Waals surface area contributed by atoms with Crippen molar-refractivity contribution in [2.24, 2.45) is 0 Å². The third-order valence-electron chi connectivity index (χ3n) is 3.19. The Balaban J connectivity index is 1.89. The van der Waals surface area contributed by atoms with E-state index in [4.69, 9.17) is 4.74 Å². The highest BCUT2D eigenvalue weighted by Crippen LogP contribution is 2.17. The van der Waals surface area contributed by atoms with Gasteiger partial charge in [0.1, 0.15) is 0 Å². The number of hydrogen-bond acceptors (Lipinski definition) is 2. The Bertz CT molecular complexity index is 623. The molecule has 0 spiro atoms. The van der Waals surface area contributed by atoms with Crippen LogP contribution in [0.4, 0.5) is 4.39 Å². The topological polar surface area (TPSA) is 38.3 Å². The molecule has 4 heteroatoms. The first-order valence-corrected chi connectivity index (χ1v) is 6.73. The third kappa shape index (κ3) is 4.31. The van der Waals surface area contributed by atoms with Gasteiger partial charge in [-0.1, -0.05) is 35.9 Å². The average Bonchev–Trinajstić information content (AvgIpc) is 2.48. The number of methoxy groups -OCH3 is 1. The molecule has 0 aliphatic heterocycles. The fourth-order valence-electron chi connectivity index (χ4n) is 1.97. The van der Waals surface area contributed by atoms with Gasteiger partial charge in [-0.25, -0.2) is 4.39 Å². The Morgan fingerprint density at radius 3 is 2.43 bits per heavy atom. The summed E-state index contributed by atoms with van der Waals surface area (Å²) in [7, 11) is 1.42. The fraction of sp³-hybridized carbons (Fsp3) is 0.235. The van der Waals surface area contributed by atoms with Crippen molar-refractivity contribution >= 4 is 5.91 Å². The largest absolute Gasteiger partial charge is 0.494 e. The number of halogens is 1. The van der Waals surface area contributed by atoms with Crippen molar-refractivity contribution in [2.45, 2.75) is 19.9 Å². The molecule has 0 aliphatic carbocycles. The Morgan fingerprint density at radius 1 is 1.14 bits per heavy atom. The van der Waals surface area contributed by atoms with Crippen molar-refractivity contribution in [1.29, 1.82) is 0 Å². The van der Waals surface area contributed by atoms with Gasteiger partial charge in [0, 0.05) is 6.54 Å². The van der Waals surface area contributed by atoms with E-state index in [0.717, 1.165) is 11.1 Å². The molecule has 0 unspecified atom stereocenters. The van der Waals surface area contributed by atoms with Crippen LogP contribution in [0.3, 0.4) is 0 Å². The molecule has 0 bridgehead atoms. The molecule has 3 nitrogen and oxygen atoms in total. The zero-order valence-electron chi connectivity index (χ0n) is 12.2. The first-order chi connectivity index (χ1) is 10.1. The van der Waals surface area contributed by atoms with Gasteiger partial charge in [-0.3, -0.25) is 4.79 Å². The Hall–Kier alpha value is -2.36.